The lowest BCUT2D eigenvalue weighted by Crippen LogP contribution is -2.38. The minimum atomic E-state index is -0.239. The van der Waals surface area contributed by atoms with Crippen molar-refractivity contribution in [1.29, 1.82) is 0 Å². The molecule has 0 aromatic heterocycles. The second-order valence-corrected chi connectivity index (χ2v) is 5.72. The van der Waals surface area contributed by atoms with Crippen LogP contribution >= 0.6 is 0 Å². The van der Waals surface area contributed by atoms with Crippen LogP contribution in [0.5, 0.6) is 0 Å². The van der Waals surface area contributed by atoms with Gasteiger partial charge >= 0.3 is 0 Å². The topological polar surface area (TPSA) is 52.6 Å². The van der Waals surface area contributed by atoms with E-state index in [0.29, 0.717) is 13.1 Å². The molecule has 1 aliphatic carbocycles. The minimum absolute atomic E-state index is 0.0301. The smallest absolute Gasteiger partial charge is 0.234 e. The van der Waals surface area contributed by atoms with Crippen molar-refractivity contribution in [1.82, 2.24) is 10.2 Å². The average molecular weight is 276 g/mol. The summed E-state index contributed by atoms with van der Waals surface area (Å²) in [5, 5.41) is 12.6. The standard InChI is InChI=1S/C16H24N2O2/c1-18(11-13-6-3-2-4-7-13)12-16(20)17-10-14-8-5-9-15(14)19/h2-4,6-7,14-15,19H,5,8-12H2,1H3,(H,17,20). The molecule has 0 spiro atoms. The van der Waals surface area contributed by atoms with Crippen molar-refractivity contribution in [3.63, 3.8) is 0 Å². The van der Waals surface area contributed by atoms with Gasteiger partial charge < -0.3 is 10.4 Å². The normalized spacial score (nSPS) is 22.1. The summed E-state index contributed by atoms with van der Waals surface area (Å²) >= 11 is 0. The Labute approximate surface area is 120 Å². The lowest BCUT2D eigenvalue weighted by atomic mass is 10.1. The zero-order valence-electron chi connectivity index (χ0n) is 12.1. The zero-order chi connectivity index (χ0) is 14.4. The summed E-state index contributed by atoms with van der Waals surface area (Å²) < 4.78 is 0. The first-order valence-electron chi connectivity index (χ1n) is 7.32. The first-order chi connectivity index (χ1) is 9.65. The molecule has 20 heavy (non-hydrogen) atoms. The fourth-order valence-corrected chi connectivity index (χ4v) is 2.75. The third kappa shape index (κ3) is 4.62. The number of rotatable bonds is 6. The molecule has 2 atom stereocenters. The molecule has 1 fully saturated rings. The van der Waals surface area contributed by atoms with E-state index in [9.17, 15) is 9.90 Å². The van der Waals surface area contributed by atoms with E-state index in [1.807, 2.05) is 30.1 Å². The van der Waals surface area contributed by atoms with Crippen LogP contribution in [-0.4, -0.2) is 42.2 Å². The largest absolute Gasteiger partial charge is 0.393 e. The molecule has 0 heterocycles. The van der Waals surface area contributed by atoms with E-state index >= 15 is 0 Å². The molecule has 1 aromatic carbocycles. The van der Waals surface area contributed by atoms with Crippen molar-refractivity contribution in [3.8, 4) is 0 Å². The third-order valence-electron chi connectivity index (χ3n) is 3.89. The highest BCUT2D eigenvalue weighted by atomic mass is 16.3. The van der Waals surface area contributed by atoms with E-state index in [1.54, 1.807) is 0 Å². The molecule has 0 radical (unpaired) electrons. The molecule has 0 aliphatic heterocycles. The number of carbonyl (C=O) groups is 1. The Morgan fingerprint density at radius 3 is 2.75 bits per heavy atom. The summed E-state index contributed by atoms with van der Waals surface area (Å²) in [7, 11) is 1.94. The molecule has 110 valence electrons. The fourth-order valence-electron chi connectivity index (χ4n) is 2.75. The van der Waals surface area contributed by atoms with Gasteiger partial charge in [-0.2, -0.15) is 0 Å². The molecular weight excluding hydrogens is 252 g/mol. The number of benzene rings is 1. The number of aliphatic hydroxyl groups is 1. The maximum absolute atomic E-state index is 11.9. The number of aliphatic hydroxyl groups excluding tert-OH is 1. The predicted octanol–water partition coefficient (Wildman–Crippen LogP) is 1.40. The molecule has 2 rings (SSSR count). The van der Waals surface area contributed by atoms with Crippen LogP contribution in [0.25, 0.3) is 0 Å². The summed E-state index contributed by atoms with van der Waals surface area (Å²) in [6.45, 7) is 1.75. The van der Waals surface area contributed by atoms with Crippen molar-refractivity contribution in [2.75, 3.05) is 20.1 Å². The van der Waals surface area contributed by atoms with E-state index in [-0.39, 0.29) is 17.9 Å². The fraction of sp³-hybridized carbons (Fsp3) is 0.562. The van der Waals surface area contributed by atoms with Gasteiger partial charge in [-0.25, -0.2) is 0 Å². The van der Waals surface area contributed by atoms with Crippen LogP contribution < -0.4 is 5.32 Å². The SMILES string of the molecule is CN(CC(=O)NCC1CCCC1O)Cc1ccccc1. The van der Waals surface area contributed by atoms with Crippen LogP contribution in [-0.2, 0) is 11.3 Å². The van der Waals surface area contributed by atoms with E-state index in [4.69, 9.17) is 0 Å². The van der Waals surface area contributed by atoms with Crippen molar-refractivity contribution in [3.05, 3.63) is 35.9 Å². The first kappa shape index (κ1) is 15.0. The molecule has 1 aliphatic rings. The quantitative estimate of drug-likeness (QED) is 0.825. The van der Waals surface area contributed by atoms with E-state index in [1.165, 1.54) is 5.56 Å². The predicted molar refractivity (Wildman–Crippen MR) is 79.1 cm³/mol. The van der Waals surface area contributed by atoms with Gasteiger partial charge in [-0.15, -0.1) is 0 Å². The second kappa shape index (κ2) is 7.41. The molecular formula is C16H24N2O2. The molecule has 0 bridgehead atoms. The molecule has 1 amide bonds. The lowest BCUT2D eigenvalue weighted by molar-refractivity contribution is -0.122. The first-order valence-corrected chi connectivity index (χ1v) is 7.32. The Balaban J connectivity index is 1.68. The van der Waals surface area contributed by atoms with Gasteiger partial charge in [0.15, 0.2) is 0 Å². The number of hydrogen-bond acceptors (Lipinski definition) is 3. The van der Waals surface area contributed by atoms with Crippen molar-refractivity contribution < 1.29 is 9.90 Å². The van der Waals surface area contributed by atoms with Crippen LogP contribution in [0.15, 0.2) is 30.3 Å². The Bertz CT molecular complexity index is 422. The van der Waals surface area contributed by atoms with Crippen molar-refractivity contribution >= 4 is 5.91 Å². The Morgan fingerprint density at radius 2 is 2.10 bits per heavy atom. The van der Waals surface area contributed by atoms with Crippen LogP contribution in [0.1, 0.15) is 24.8 Å². The number of likely N-dealkylation sites (N-methyl/N-ethyl adjacent to an activating group) is 1. The van der Waals surface area contributed by atoms with Crippen LogP contribution in [0, 0.1) is 5.92 Å². The third-order valence-corrected chi connectivity index (χ3v) is 3.89. The number of carbonyl (C=O) groups excluding carboxylic acids is 1. The minimum Gasteiger partial charge on any atom is -0.393 e. The zero-order valence-corrected chi connectivity index (χ0v) is 12.1. The molecule has 4 nitrogen and oxygen atoms in total. The van der Waals surface area contributed by atoms with Crippen molar-refractivity contribution in [2.45, 2.75) is 31.9 Å². The molecule has 0 saturated heterocycles. The van der Waals surface area contributed by atoms with Gasteiger partial charge in [-0.1, -0.05) is 36.8 Å². The molecule has 1 aromatic rings. The number of nitrogens with one attached hydrogen (secondary N) is 1. The van der Waals surface area contributed by atoms with E-state index < -0.39 is 0 Å². The van der Waals surface area contributed by atoms with E-state index in [2.05, 4.69) is 17.4 Å². The van der Waals surface area contributed by atoms with Crippen LogP contribution in [0.3, 0.4) is 0 Å². The van der Waals surface area contributed by atoms with Gasteiger partial charge in [-0.3, -0.25) is 9.69 Å². The Morgan fingerprint density at radius 1 is 1.35 bits per heavy atom. The second-order valence-electron chi connectivity index (χ2n) is 5.72. The maximum Gasteiger partial charge on any atom is 0.234 e. The van der Waals surface area contributed by atoms with E-state index in [0.717, 1.165) is 25.8 Å². The van der Waals surface area contributed by atoms with Crippen LogP contribution in [0.2, 0.25) is 0 Å². The van der Waals surface area contributed by atoms with Crippen molar-refractivity contribution in [2.24, 2.45) is 5.92 Å². The van der Waals surface area contributed by atoms with Gasteiger partial charge in [0.2, 0.25) is 5.91 Å². The number of amides is 1. The average Bonchev–Trinajstić information content (AvgIpc) is 2.83. The molecule has 1 saturated carbocycles. The van der Waals surface area contributed by atoms with Gasteiger partial charge in [0.05, 0.1) is 12.6 Å². The monoisotopic (exact) mass is 276 g/mol. The van der Waals surface area contributed by atoms with Crippen LogP contribution in [0.4, 0.5) is 0 Å². The highest BCUT2D eigenvalue weighted by molar-refractivity contribution is 5.77. The number of nitrogens with zero attached hydrogens (tertiary/aromatic N) is 1. The molecule has 2 unspecified atom stereocenters. The summed E-state index contributed by atoms with van der Waals surface area (Å²) in [4.78, 5) is 13.9. The highest BCUT2D eigenvalue weighted by Gasteiger charge is 2.25. The summed E-state index contributed by atoms with van der Waals surface area (Å²) in [5.41, 5.74) is 1.20. The number of hydrogen-bond donors (Lipinski definition) is 2. The summed E-state index contributed by atoms with van der Waals surface area (Å²) in [5.74, 6) is 0.265. The summed E-state index contributed by atoms with van der Waals surface area (Å²) in [6.07, 6.45) is 2.71. The van der Waals surface area contributed by atoms with Gasteiger partial charge in [-0.05, 0) is 25.5 Å². The Hall–Kier alpha value is -1.39. The highest BCUT2D eigenvalue weighted by Crippen LogP contribution is 2.24. The molecule has 4 heteroatoms. The molecule has 2 N–H and O–H groups in total. The maximum atomic E-state index is 11.9. The van der Waals surface area contributed by atoms with Gasteiger partial charge in [0.25, 0.3) is 0 Å². The van der Waals surface area contributed by atoms with Gasteiger partial charge in [0, 0.05) is 19.0 Å². The summed E-state index contributed by atoms with van der Waals surface area (Å²) in [6, 6.07) is 10.1. The lowest BCUT2D eigenvalue weighted by Gasteiger charge is -2.18. The Kier molecular flexibility index (Phi) is 5.56. The van der Waals surface area contributed by atoms with Gasteiger partial charge in [0.1, 0.15) is 0 Å².